The Morgan fingerprint density at radius 2 is 1.41 bits per heavy atom. The molecule has 2 heterocycles. The smallest absolute Gasteiger partial charge is 0.166 e. The molecule has 0 saturated heterocycles. The highest BCUT2D eigenvalue weighted by atomic mass is 32.1. The molecule has 0 aliphatic heterocycles. The van der Waals surface area contributed by atoms with Gasteiger partial charge < -0.3 is 9.47 Å². The number of carbonyl (C=O) groups is 1. The first kappa shape index (κ1) is 27.9. The molecule has 0 aliphatic rings. The van der Waals surface area contributed by atoms with E-state index in [1.807, 2.05) is 41.0 Å². The largest absolute Gasteiger partial charge is 0.339 e. The van der Waals surface area contributed by atoms with Crippen LogP contribution in [0.1, 0.15) is 53.7 Å². The number of rotatable bonds is 12. The zero-order valence-electron chi connectivity index (χ0n) is 23.2. The van der Waals surface area contributed by atoms with E-state index in [0.29, 0.717) is 11.3 Å². The number of nitriles is 1. The molecule has 0 fully saturated rings. The molecule has 0 bridgehead atoms. The van der Waals surface area contributed by atoms with E-state index in [9.17, 15) is 10.1 Å². The lowest BCUT2D eigenvalue weighted by atomic mass is 10.1. The number of hydrogen-bond acceptors (Lipinski definition) is 4. The van der Waals surface area contributed by atoms with Crippen LogP contribution in [0.2, 0.25) is 0 Å². The third-order valence-corrected chi connectivity index (χ3v) is 8.29. The SMILES string of the molecule is CCCCCCn1c(C=O)ccc1/C=C(\C#N)c1ccc(-c2ccc(N(c3ccccc3)c3ccccc3)cc2)s1. The third-order valence-electron chi connectivity index (χ3n) is 7.13. The van der Waals surface area contributed by atoms with E-state index in [0.717, 1.165) is 63.7 Å². The van der Waals surface area contributed by atoms with Crippen LogP contribution in [0.25, 0.3) is 22.1 Å². The van der Waals surface area contributed by atoms with Gasteiger partial charge in [0.1, 0.15) is 6.07 Å². The number of aromatic nitrogens is 1. The monoisotopic (exact) mass is 555 g/mol. The minimum atomic E-state index is 0.600. The molecule has 41 heavy (non-hydrogen) atoms. The Balaban J connectivity index is 1.40. The Hall–Kier alpha value is -4.66. The molecular weight excluding hydrogens is 522 g/mol. The molecule has 4 nitrogen and oxygen atoms in total. The first-order valence-corrected chi connectivity index (χ1v) is 14.9. The third kappa shape index (κ3) is 6.57. The zero-order valence-corrected chi connectivity index (χ0v) is 24.1. The number of para-hydroxylation sites is 2. The number of thiophene rings is 1. The Bertz CT molecular complexity index is 1600. The van der Waals surface area contributed by atoms with E-state index in [2.05, 4.69) is 96.8 Å². The number of benzene rings is 3. The molecule has 5 heteroatoms. The van der Waals surface area contributed by atoms with Crippen molar-refractivity contribution in [2.45, 2.75) is 39.2 Å². The summed E-state index contributed by atoms with van der Waals surface area (Å²) in [5.74, 6) is 0. The van der Waals surface area contributed by atoms with E-state index in [1.54, 1.807) is 11.3 Å². The van der Waals surface area contributed by atoms with Gasteiger partial charge in [-0.05, 0) is 78.7 Å². The molecule has 0 amide bonds. The molecule has 204 valence electrons. The molecule has 0 unspecified atom stereocenters. The second-order valence-electron chi connectivity index (χ2n) is 9.90. The van der Waals surface area contributed by atoms with Crippen LogP contribution >= 0.6 is 11.3 Å². The van der Waals surface area contributed by atoms with Crippen LogP contribution in [-0.2, 0) is 6.54 Å². The number of hydrogen-bond donors (Lipinski definition) is 0. The van der Waals surface area contributed by atoms with Gasteiger partial charge in [-0.3, -0.25) is 4.79 Å². The van der Waals surface area contributed by atoms with Gasteiger partial charge in [0.25, 0.3) is 0 Å². The van der Waals surface area contributed by atoms with Crippen molar-refractivity contribution in [1.29, 1.82) is 5.26 Å². The highest BCUT2D eigenvalue weighted by Crippen LogP contribution is 2.37. The number of aldehydes is 1. The maximum absolute atomic E-state index is 11.6. The summed E-state index contributed by atoms with van der Waals surface area (Å²) in [6, 6.07) is 39.5. The Morgan fingerprint density at radius 3 is 2.02 bits per heavy atom. The quantitative estimate of drug-likeness (QED) is 0.0874. The Kier molecular flexibility index (Phi) is 9.26. The molecule has 2 aromatic heterocycles. The standard InChI is InChI=1S/C36H33N3OS/c1-2-3-4-11-24-38-33(20-21-34(38)27-40)25-29(26-37)36-23-22-35(41-36)28-16-18-32(19-17-28)39(30-12-7-5-8-13-30)31-14-9-6-10-15-31/h5-10,12-23,25,27H,2-4,11,24H2,1H3/b29-25+. The van der Waals surface area contributed by atoms with Crippen molar-refractivity contribution in [2.24, 2.45) is 0 Å². The van der Waals surface area contributed by atoms with Crippen LogP contribution in [-0.4, -0.2) is 10.9 Å². The number of carbonyl (C=O) groups excluding carboxylic acids is 1. The van der Waals surface area contributed by atoms with E-state index in [1.165, 1.54) is 12.8 Å². The molecule has 5 rings (SSSR count). The number of anilines is 3. The van der Waals surface area contributed by atoms with Gasteiger partial charge in [0.15, 0.2) is 6.29 Å². The number of allylic oxidation sites excluding steroid dienone is 1. The molecule has 3 aromatic carbocycles. The lowest BCUT2D eigenvalue weighted by Gasteiger charge is -2.25. The molecule has 0 saturated carbocycles. The van der Waals surface area contributed by atoms with E-state index in [-0.39, 0.29) is 0 Å². The van der Waals surface area contributed by atoms with Crippen LogP contribution in [0.15, 0.2) is 109 Å². The van der Waals surface area contributed by atoms with Crippen molar-refractivity contribution in [3.8, 4) is 16.5 Å². The summed E-state index contributed by atoms with van der Waals surface area (Å²) in [6.07, 6.45) is 7.29. The summed E-state index contributed by atoms with van der Waals surface area (Å²) in [5, 5.41) is 10.0. The van der Waals surface area contributed by atoms with Gasteiger partial charge in [0.2, 0.25) is 0 Å². The van der Waals surface area contributed by atoms with Crippen LogP contribution in [0.3, 0.4) is 0 Å². The molecular formula is C36H33N3OS. The van der Waals surface area contributed by atoms with Gasteiger partial charge in [-0.25, -0.2) is 0 Å². The summed E-state index contributed by atoms with van der Waals surface area (Å²) in [5.41, 5.74) is 6.51. The van der Waals surface area contributed by atoms with E-state index < -0.39 is 0 Å². The summed E-state index contributed by atoms with van der Waals surface area (Å²) >= 11 is 1.60. The first-order chi connectivity index (χ1) is 20.2. The summed E-state index contributed by atoms with van der Waals surface area (Å²) in [6.45, 7) is 2.96. The second kappa shape index (κ2) is 13.6. The van der Waals surface area contributed by atoms with Crippen molar-refractivity contribution >= 4 is 46.3 Å². The minimum absolute atomic E-state index is 0.600. The predicted molar refractivity (Wildman–Crippen MR) is 172 cm³/mol. The van der Waals surface area contributed by atoms with Gasteiger partial charge in [0, 0.05) is 39.1 Å². The zero-order chi connectivity index (χ0) is 28.4. The second-order valence-corrected chi connectivity index (χ2v) is 11.0. The summed E-state index contributed by atoms with van der Waals surface area (Å²) < 4.78 is 2.03. The maximum Gasteiger partial charge on any atom is 0.166 e. The first-order valence-electron chi connectivity index (χ1n) is 14.1. The molecule has 0 spiro atoms. The summed E-state index contributed by atoms with van der Waals surface area (Å²) in [7, 11) is 0. The highest BCUT2D eigenvalue weighted by molar-refractivity contribution is 7.16. The van der Waals surface area contributed by atoms with Crippen molar-refractivity contribution in [2.75, 3.05) is 4.90 Å². The fourth-order valence-electron chi connectivity index (χ4n) is 5.00. The average Bonchev–Trinajstić information content (AvgIpc) is 3.67. The molecule has 0 radical (unpaired) electrons. The van der Waals surface area contributed by atoms with Crippen molar-refractivity contribution in [3.63, 3.8) is 0 Å². The summed E-state index contributed by atoms with van der Waals surface area (Å²) in [4.78, 5) is 15.9. The fraction of sp³-hybridized carbons (Fsp3) is 0.167. The van der Waals surface area contributed by atoms with E-state index >= 15 is 0 Å². The minimum Gasteiger partial charge on any atom is -0.339 e. The maximum atomic E-state index is 11.6. The van der Waals surface area contributed by atoms with Crippen LogP contribution in [0, 0.1) is 11.3 Å². The van der Waals surface area contributed by atoms with Crippen LogP contribution in [0.5, 0.6) is 0 Å². The van der Waals surface area contributed by atoms with Crippen LogP contribution < -0.4 is 4.90 Å². The molecule has 0 aliphatic carbocycles. The van der Waals surface area contributed by atoms with Gasteiger partial charge in [-0.15, -0.1) is 11.3 Å². The highest BCUT2D eigenvalue weighted by Gasteiger charge is 2.14. The predicted octanol–water partition coefficient (Wildman–Crippen LogP) is 10.1. The van der Waals surface area contributed by atoms with Crippen molar-refractivity contribution in [3.05, 3.63) is 125 Å². The Morgan fingerprint density at radius 1 is 0.780 bits per heavy atom. The lowest BCUT2D eigenvalue weighted by Crippen LogP contribution is -2.09. The molecule has 5 aromatic rings. The Labute approximate surface area is 246 Å². The molecule has 0 atom stereocenters. The van der Waals surface area contributed by atoms with Crippen molar-refractivity contribution < 1.29 is 4.79 Å². The van der Waals surface area contributed by atoms with Gasteiger partial charge in [-0.1, -0.05) is 74.7 Å². The number of nitrogens with zero attached hydrogens (tertiary/aromatic N) is 3. The van der Waals surface area contributed by atoms with Crippen molar-refractivity contribution in [1.82, 2.24) is 4.57 Å². The van der Waals surface area contributed by atoms with Gasteiger partial charge in [-0.2, -0.15) is 5.26 Å². The topological polar surface area (TPSA) is 49.0 Å². The van der Waals surface area contributed by atoms with Crippen LogP contribution in [0.4, 0.5) is 17.1 Å². The molecule has 0 N–H and O–H groups in total. The fourth-order valence-corrected chi connectivity index (χ4v) is 5.98. The number of unbranched alkanes of at least 4 members (excludes halogenated alkanes) is 3. The van der Waals surface area contributed by atoms with Gasteiger partial charge in [0.05, 0.1) is 11.3 Å². The lowest BCUT2D eigenvalue weighted by molar-refractivity contribution is 0.111. The normalized spacial score (nSPS) is 11.3. The van der Waals surface area contributed by atoms with E-state index in [4.69, 9.17) is 0 Å². The average molecular weight is 556 g/mol. The van der Waals surface area contributed by atoms with Gasteiger partial charge >= 0.3 is 0 Å².